The molecule has 1 atom stereocenters. The van der Waals surface area contributed by atoms with Gasteiger partial charge in [0.2, 0.25) is 0 Å². The summed E-state index contributed by atoms with van der Waals surface area (Å²) in [6.07, 6.45) is -4.03. The minimum absolute atomic E-state index is 0.0678. The Labute approximate surface area is 80.7 Å². The van der Waals surface area contributed by atoms with Gasteiger partial charge >= 0.3 is 12.1 Å². The number of allylic oxidation sites excluding steroid dienone is 1. The van der Waals surface area contributed by atoms with Gasteiger partial charge < -0.3 is 4.74 Å². The molecule has 82 valence electrons. The monoisotopic (exact) mass is 210 g/mol. The van der Waals surface area contributed by atoms with E-state index in [0.29, 0.717) is 0 Å². The molecule has 14 heavy (non-hydrogen) atoms. The Bertz CT molecular complexity index is 223. The molecule has 0 aromatic rings. The lowest BCUT2D eigenvalue weighted by molar-refractivity contribution is -0.228. The average molecular weight is 210 g/mol. The number of alkyl halides is 3. The predicted molar refractivity (Wildman–Crippen MR) is 45.6 cm³/mol. The van der Waals surface area contributed by atoms with Gasteiger partial charge in [-0.05, 0) is 20.3 Å². The molecule has 0 heterocycles. The maximum Gasteiger partial charge on any atom is 0.404 e. The van der Waals surface area contributed by atoms with Crippen molar-refractivity contribution in [1.82, 2.24) is 0 Å². The highest BCUT2D eigenvalue weighted by molar-refractivity contribution is 5.77. The van der Waals surface area contributed by atoms with Gasteiger partial charge in [0, 0.05) is 0 Å². The van der Waals surface area contributed by atoms with E-state index in [1.165, 1.54) is 6.92 Å². The summed E-state index contributed by atoms with van der Waals surface area (Å²) in [5.74, 6) is -1.26. The van der Waals surface area contributed by atoms with Crippen LogP contribution in [0.4, 0.5) is 13.2 Å². The summed E-state index contributed by atoms with van der Waals surface area (Å²) in [5.41, 5.74) is -2.48. The molecular weight excluding hydrogens is 197 g/mol. The number of ether oxygens (including phenoxy) is 1. The van der Waals surface area contributed by atoms with Crippen LogP contribution in [0.25, 0.3) is 0 Å². The lowest BCUT2D eigenvalue weighted by Gasteiger charge is -2.28. The van der Waals surface area contributed by atoms with Crippen molar-refractivity contribution in [2.24, 2.45) is 5.41 Å². The van der Waals surface area contributed by atoms with Gasteiger partial charge in [-0.2, -0.15) is 13.2 Å². The highest BCUT2D eigenvalue weighted by atomic mass is 19.4. The van der Waals surface area contributed by atoms with Gasteiger partial charge in [0.15, 0.2) is 5.41 Å². The predicted octanol–water partition coefficient (Wildman–Crippen LogP) is 2.69. The Morgan fingerprint density at radius 3 is 2.29 bits per heavy atom. The molecule has 1 unspecified atom stereocenters. The Morgan fingerprint density at radius 2 is 2.00 bits per heavy atom. The van der Waals surface area contributed by atoms with Gasteiger partial charge in [0.25, 0.3) is 0 Å². The van der Waals surface area contributed by atoms with Crippen molar-refractivity contribution < 1.29 is 22.7 Å². The number of carbonyl (C=O) groups is 1. The quantitative estimate of drug-likeness (QED) is 0.526. The fourth-order valence-electron chi connectivity index (χ4n) is 0.894. The summed E-state index contributed by atoms with van der Waals surface area (Å²) in [7, 11) is 0. The zero-order chi connectivity index (χ0) is 11.4. The van der Waals surface area contributed by atoms with Crippen molar-refractivity contribution in [1.29, 1.82) is 0 Å². The second kappa shape index (κ2) is 4.48. The third-order valence-electron chi connectivity index (χ3n) is 1.90. The van der Waals surface area contributed by atoms with E-state index >= 15 is 0 Å². The van der Waals surface area contributed by atoms with Crippen molar-refractivity contribution in [3.63, 3.8) is 0 Å². The lowest BCUT2D eigenvalue weighted by Crippen LogP contribution is -2.43. The van der Waals surface area contributed by atoms with Crippen LogP contribution < -0.4 is 0 Å². The fraction of sp³-hybridized carbons (Fsp3) is 0.667. The first kappa shape index (κ1) is 13.0. The Hall–Kier alpha value is -1.00. The van der Waals surface area contributed by atoms with Crippen LogP contribution in [-0.2, 0) is 9.53 Å². The van der Waals surface area contributed by atoms with Crippen LogP contribution >= 0.6 is 0 Å². The third kappa shape index (κ3) is 2.49. The molecule has 0 bridgehead atoms. The van der Waals surface area contributed by atoms with Crippen molar-refractivity contribution >= 4 is 5.97 Å². The highest BCUT2D eigenvalue weighted by Crippen LogP contribution is 2.42. The van der Waals surface area contributed by atoms with Gasteiger partial charge in [0.05, 0.1) is 6.61 Å². The van der Waals surface area contributed by atoms with Crippen molar-refractivity contribution in [2.75, 3.05) is 6.61 Å². The van der Waals surface area contributed by atoms with Crippen LogP contribution in [0.5, 0.6) is 0 Å². The van der Waals surface area contributed by atoms with Gasteiger partial charge in [-0.25, -0.2) is 0 Å². The maximum absolute atomic E-state index is 12.5. The van der Waals surface area contributed by atoms with E-state index in [0.717, 1.165) is 13.0 Å². The first-order valence-electron chi connectivity index (χ1n) is 4.14. The molecule has 0 fully saturated rings. The summed E-state index contributed by atoms with van der Waals surface area (Å²) in [4.78, 5) is 11.1. The summed E-state index contributed by atoms with van der Waals surface area (Å²) >= 11 is 0. The van der Waals surface area contributed by atoms with Crippen LogP contribution in [-0.4, -0.2) is 18.8 Å². The standard InChI is InChI=1S/C9H13F3O2/c1-4-6-8(3,9(10,11)12)7(13)14-5-2/h4H,1,5-6H2,2-3H3. The van der Waals surface area contributed by atoms with Gasteiger partial charge in [-0.3, -0.25) is 4.79 Å². The second-order valence-corrected chi connectivity index (χ2v) is 3.04. The zero-order valence-corrected chi connectivity index (χ0v) is 8.15. The number of hydrogen-bond donors (Lipinski definition) is 0. The van der Waals surface area contributed by atoms with Crippen molar-refractivity contribution in [3.05, 3.63) is 12.7 Å². The first-order chi connectivity index (χ1) is 6.29. The van der Waals surface area contributed by atoms with Gasteiger partial charge in [0.1, 0.15) is 0 Å². The Morgan fingerprint density at radius 1 is 1.50 bits per heavy atom. The summed E-state index contributed by atoms with van der Waals surface area (Å²) in [6.45, 7) is 5.40. The molecule has 0 saturated heterocycles. The van der Waals surface area contributed by atoms with E-state index in [1.54, 1.807) is 0 Å². The van der Waals surface area contributed by atoms with E-state index in [4.69, 9.17) is 0 Å². The number of carbonyl (C=O) groups excluding carboxylic acids is 1. The third-order valence-corrected chi connectivity index (χ3v) is 1.90. The Balaban J connectivity index is 4.89. The average Bonchev–Trinajstić information content (AvgIpc) is 2.03. The molecule has 5 heteroatoms. The SMILES string of the molecule is C=CCC(C)(C(=O)OCC)C(F)(F)F. The fourth-order valence-corrected chi connectivity index (χ4v) is 0.894. The normalized spacial score (nSPS) is 15.8. The molecule has 0 radical (unpaired) electrons. The minimum atomic E-state index is -4.62. The smallest absolute Gasteiger partial charge is 0.404 e. The van der Waals surface area contributed by atoms with E-state index in [-0.39, 0.29) is 6.61 Å². The van der Waals surface area contributed by atoms with E-state index in [1.807, 2.05) is 0 Å². The number of esters is 1. The molecule has 0 aromatic carbocycles. The van der Waals surface area contributed by atoms with Crippen LogP contribution in [0.2, 0.25) is 0 Å². The largest absolute Gasteiger partial charge is 0.465 e. The van der Waals surface area contributed by atoms with Crippen molar-refractivity contribution in [3.8, 4) is 0 Å². The topological polar surface area (TPSA) is 26.3 Å². The zero-order valence-electron chi connectivity index (χ0n) is 8.15. The number of rotatable bonds is 4. The molecular formula is C9H13F3O2. The Kier molecular flexibility index (Phi) is 4.16. The molecule has 0 N–H and O–H groups in total. The van der Waals surface area contributed by atoms with Crippen LogP contribution in [0.1, 0.15) is 20.3 Å². The molecule has 0 aromatic heterocycles. The van der Waals surface area contributed by atoms with Gasteiger partial charge in [-0.15, -0.1) is 6.58 Å². The molecule has 0 aliphatic heterocycles. The molecule has 0 amide bonds. The van der Waals surface area contributed by atoms with E-state index in [2.05, 4.69) is 11.3 Å². The molecule has 0 aliphatic carbocycles. The summed E-state index contributed by atoms with van der Waals surface area (Å²) in [5, 5.41) is 0. The summed E-state index contributed by atoms with van der Waals surface area (Å²) in [6, 6.07) is 0. The second-order valence-electron chi connectivity index (χ2n) is 3.04. The maximum atomic E-state index is 12.5. The van der Waals surface area contributed by atoms with Crippen LogP contribution in [0, 0.1) is 5.41 Å². The lowest BCUT2D eigenvalue weighted by atomic mass is 9.86. The molecule has 0 spiro atoms. The molecule has 0 aliphatic rings. The van der Waals surface area contributed by atoms with E-state index in [9.17, 15) is 18.0 Å². The van der Waals surface area contributed by atoms with E-state index < -0.39 is 24.0 Å². The minimum Gasteiger partial charge on any atom is -0.465 e. The molecule has 0 rings (SSSR count). The van der Waals surface area contributed by atoms with Crippen molar-refractivity contribution in [2.45, 2.75) is 26.4 Å². The van der Waals surface area contributed by atoms with Gasteiger partial charge in [-0.1, -0.05) is 6.08 Å². The molecule has 0 saturated carbocycles. The molecule has 2 nitrogen and oxygen atoms in total. The highest BCUT2D eigenvalue weighted by Gasteiger charge is 2.56. The summed E-state index contributed by atoms with van der Waals surface area (Å²) < 4.78 is 41.9. The number of hydrogen-bond acceptors (Lipinski definition) is 2. The first-order valence-corrected chi connectivity index (χ1v) is 4.14. The van der Waals surface area contributed by atoms with Crippen LogP contribution in [0.15, 0.2) is 12.7 Å². The van der Waals surface area contributed by atoms with Crippen LogP contribution in [0.3, 0.4) is 0 Å². The number of halogens is 3.